The molecular formula is C21H23ClN2O4. The third kappa shape index (κ3) is 3.92. The maximum absolute atomic E-state index is 13.2. The van der Waals surface area contributed by atoms with Crippen molar-refractivity contribution in [3.05, 3.63) is 53.1 Å². The zero-order chi connectivity index (χ0) is 20.3. The Kier molecular flexibility index (Phi) is 6.09. The van der Waals surface area contributed by atoms with E-state index >= 15 is 0 Å². The molecule has 1 heterocycles. The number of benzene rings is 2. The Hall–Kier alpha value is -2.73. The van der Waals surface area contributed by atoms with Crippen LogP contribution >= 0.6 is 11.6 Å². The summed E-state index contributed by atoms with van der Waals surface area (Å²) in [6, 6.07) is 12.5. The topological polar surface area (TPSA) is 67.9 Å². The van der Waals surface area contributed by atoms with Gasteiger partial charge >= 0.3 is 0 Å². The zero-order valence-electron chi connectivity index (χ0n) is 16.1. The molecule has 2 atom stereocenters. The number of hydrogen-bond donors (Lipinski definition) is 1. The molecule has 28 heavy (non-hydrogen) atoms. The molecule has 0 radical (unpaired) electrons. The molecule has 0 unspecified atom stereocenters. The first kappa shape index (κ1) is 20.0. The van der Waals surface area contributed by atoms with Gasteiger partial charge in [0.1, 0.15) is 11.5 Å². The number of hydrogen-bond acceptors (Lipinski definition) is 4. The van der Waals surface area contributed by atoms with Gasteiger partial charge in [-0.2, -0.15) is 0 Å². The number of carbonyl (C=O) groups is 2. The summed E-state index contributed by atoms with van der Waals surface area (Å²) in [5.41, 5.74) is 1.39. The highest BCUT2D eigenvalue weighted by molar-refractivity contribution is 6.32. The van der Waals surface area contributed by atoms with Crippen molar-refractivity contribution < 1.29 is 19.1 Å². The van der Waals surface area contributed by atoms with E-state index in [1.54, 1.807) is 24.1 Å². The van der Waals surface area contributed by atoms with Crippen LogP contribution in [0.1, 0.15) is 24.4 Å². The maximum Gasteiger partial charge on any atom is 0.230 e. The smallest absolute Gasteiger partial charge is 0.230 e. The molecule has 6 nitrogen and oxygen atoms in total. The molecule has 0 saturated carbocycles. The lowest BCUT2D eigenvalue weighted by Crippen LogP contribution is -2.44. The summed E-state index contributed by atoms with van der Waals surface area (Å²) in [4.78, 5) is 27.1. The quantitative estimate of drug-likeness (QED) is 0.823. The number of piperidine rings is 1. The summed E-state index contributed by atoms with van der Waals surface area (Å²) in [5, 5.41) is 3.29. The molecule has 7 heteroatoms. The summed E-state index contributed by atoms with van der Waals surface area (Å²) >= 11 is 6.21. The number of methoxy groups -OCH3 is 2. The lowest BCUT2D eigenvalue weighted by Gasteiger charge is -2.38. The summed E-state index contributed by atoms with van der Waals surface area (Å²) in [6.07, 6.45) is 0.805. The van der Waals surface area contributed by atoms with Gasteiger partial charge in [0, 0.05) is 19.5 Å². The van der Waals surface area contributed by atoms with Gasteiger partial charge in [0.2, 0.25) is 11.8 Å². The fourth-order valence-corrected chi connectivity index (χ4v) is 3.84. The molecule has 0 spiro atoms. The van der Waals surface area contributed by atoms with E-state index in [1.807, 2.05) is 30.3 Å². The SMILES string of the molecule is COc1cc(OC)c(NC(=O)[C@H]2CCC(=O)N(C)[C@H]2c2ccccc2)cc1Cl. The van der Waals surface area contributed by atoms with E-state index in [0.717, 1.165) is 5.56 Å². The van der Waals surface area contributed by atoms with E-state index in [-0.39, 0.29) is 17.9 Å². The molecule has 2 aromatic carbocycles. The van der Waals surface area contributed by atoms with Crippen LogP contribution in [0.3, 0.4) is 0 Å². The van der Waals surface area contributed by atoms with Crippen LogP contribution in [0.25, 0.3) is 0 Å². The lowest BCUT2D eigenvalue weighted by atomic mass is 9.84. The molecule has 0 aromatic heterocycles. The average molecular weight is 403 g/mol. The molecule has 0 bridgehead atoms. The Morgan fingerprint density at radius 2 is 1.82 bits per heavy atom. The molecule has 2 amide bonds. The highest BCUT2D eigenvalue weighted by atomic mass is 35.5. The van der Waals surface area contributed by atoms with Gasteiger partial charge in [-0.1, -0.05) is 41.9 Å². The predicted molar refractivity (Wildman–Crippen MR) is 108 cm³/mol. The number of nitrogens with one attached hydrogen (secondary N) is 1. The highest BCUT2D eigenvalue weighted by Gasteiger charge is 2.39. The van der Waals surface area contributed by atoms with E-state index < -0.39 is 5.92 Å². The fourth-order valence-electron chi connectivity index (χ4n) is 3.60. The summed E-state index contributed by atoms with van der Waals surface area (Å²) in [7, 11) is 4.76. The standard InChI is InChI=1S/C21H23ClN2O4/c1-24-19(25)10-9-14(20(24)13-7-5-4-6-8-13)21(26)23-16-11-15(22)17(27-2)12-18(16)28-3/h4-8,11-12,14,20H,9-10H2,1-3H3,(H,23,26)/t14-,20-/m0/s1. The monoisotopic (exact) mass is 402 g/mol. The Morgan fingerprint density at radius 1 is 1.14 bits per heavy atom. The second-order valence-corrected chi connectivity index (χ2v) is 7.09. The lowest BCUT2D eigenvalue weighted by molar-refractivity contribution is -0.140. The minimum absolute atomic E-state index is 0.0305. The van der Waals surface area contributed by atoms with Crippen molar-refractivity contribution in [1.82, 2.24) is 4.90 Å². The van der Waals surface area contributed by atoms with Crippen molar-refractivity contribution in [1.29, 1.82) is 0 Å². The number of halogens is 1. The Balaban J connectivity index is 1.90. The van der Waals surface area contributed by atoms with Gasteiger partial charge < -0.3 is 19.7 Å². The van der Waals surface area contributed by atoms with Crippen LogP contribution in [0.4, 0.5) is 5.69 Å². The number of likely N-dealkylation sites (tertiary alicyclic amines) is 1. The van der Waals surface area contributed by atoms with Crippen molar-refractivity contribution in [2.75, 3.05) is 26.6 Å². The molecule has 148 valence electrons. The van der Waals surface area contributed by atoms with Crippen LogP contribution in [-0.2, 0) is 9.59 Å². The van der Waals surface area contributed by atoms with Gasteiger partial charge in [0.05, 0.1) is 36.9 Å². The van der Waals surface area contributed by atoms with E-state index in [2.05, 4.69) is 5.32 Å². The van der Waals surface area contributed by atoms with Gasteiger partial charge in [-0.25, -0.2) is 0 Å². The van der Waals surface area contributed by atoms with E-state index in [0.29, 0.717) is 35.1 Å². The van der Waals surface area contributed by atoms with Gasteiger partial charge in [-0.05, 0) is 18.1 Å². The largest absolute Gasteiger partial charge is 0.495 e. The van der Waals surface area contributed by atoms with Gasteiger partial charge in [-0.15, -0.1) is 0 Å². The molecule has 0 aliphatic carbocycles. The van der Waals surface area contributed by atoms with Crippen LogP contribution in [0.5, 0.6) is 11.5 Å². The number of nitrogens with zero attached hydrogens (tertiary/aromatic N) is 1. The molecular weight excluding hydrogens is 380 g/mol. The van der Waals surface area contributed by atoms with E-state index in [9.17, 15) is 9.59 Å². The number of ether oxygens (including phenoxy) is 2. The third-order valence-electron chi connectivity index (χ3n) is 5.07. The van der Waals surface area contributed by atoms with Crippen molar-refractivity contribution in [3.8, 4) is 11.5 Å². The first-order valence-electron chi connectivity index (χ1n) is 8.99. The van der Waals surface area contributed by atoms with Crippen LogP contribution in [0.2, 0.25) is 5.02 Å². The van der Waals surface area contributed by atoms with Crippen molar-refractivity contribution in [2.24, 2.45) is 5.92 Å². The van der Waals surface area contributed by atoms with Gasteiger partial charge in [0.15, 0.2) is 0 Å². The number of anilines is 1. The molecule has 3 rings (SSSR count). The van der Waals surface area contributed by atoms with Crippen LogP contribution < -0.4 is 14.8 Å². The van der Waals surface area contributed by atoms with E-state index in [4.69, 9.17) is 21.1 Å². The molecule has 1 N–H and O–H groups in total. The molecule has 1 aliphatic rings. The number of carbonyl (C=O) groups excluding carboxylic acids is 2. The Morgan fingerprint density at radius 3 is 2.46 bits per heavy atom. The first-order valence-corrected chi connectivity index (χ1v) is 9.37. The number of rotatable bonds is 5. The maximum atomic E-state index is 13.2. The van der Waals surface area contributed by atoms with Crippen molar-refractivity contribution in [2.45, 2.75) is 18.9 Å². The summed E-state index contributed by atoms with van der Waals surface area (Å²) < 4.78 is 10.6. The van der Waals surface area contributed by atoms with Crippen molar-refractivity contribution in [3.63, 3.8) is 0 Å². The normalized spacial score (nSPS) is 19.3. The molecule has 1 aliphatic heterocycles. The highest BCUT2D eigenvalue weighted by Crippen LogP contribution is 2.39. The first-order chi connectivity index (χ1) is 13.5. The summed E-state index contributed by atoms with van der Waals surface area (Å²) in [6.45, 7) is 0. The summed E-state index contributed by atoms with van der Waals surface area (Å²) in [5.74, 6) is 0.360. The average Bonchev–Trinajstić information content (AvgIpc) is 2.70. The second-order valence-electron chi connectivity index (χ2n) is 6.68. The van der Waals surface area contributed by atoms with Gasteiger partial charge in [-0.3, -0.25) is 9.59 Å². The van der Waals surface area contributed by atoms with Crippen molar-refractivity contribution >= 4 is 29.1 Å². The minimum atomic E-state index is -0.393. The molecule has 1 fully saturated rings. The predicted octanol–water partition coefficient (Wildman–Crippen LogP) is 3.91. The third-order valence-corrected chi connectivity index (χ3v) is 5.37. The second kappa shape index (κ2) is 8.52. The molecule has 1 saturated heterocycles. The van der Waals surface area contributed by atoms with Crippen LogP contribution in [-0.4, -0.2) is 38.0 Å². The number of amides is 2. The van der Waals surface area contributed by atoms with Crippen LogP contribution in [0, 0.1) is 5.92 Å². The molecule has 2 aromatic rings. The fraction of sp³-hybridized carbons (Fsp3) is 0.333. The van der Waals surface area contributed by atoms with Crippen LogP contribution in [0.15, 0.2) is 42.5 Å². The Labute approximate surface area is 169 Å². The van der Waals surface area contributed by atoms with Gasteiger partial charge in [0.25, 0.3) is 0 Å². The Bertz CT molecular complexity index is 872. The zero-order valence-corrected chi connectivity index (χ0v) is 16.8. The minimum Gasteiger partial charge on any atom is -0.495 e. The van der Waals surface area contributed by atoms with E-state index in [1.165, 1.54) is 14.2 Å².